The summed E-state index contributed by atoms with van der Waals surface area (Å²) in [5.41, 5.74) is 2.60. The highest BCUT2D eigenvalue weighted by molar-refractivity contribution is 7.98. The molecular formula is C24H27N3O3S. The Balaban J connectivity index is 1.95. The molecule has 0 bridgehead atoms. The molecule has 1 aromatic heterocycles. The summed E-state index contributed by atoms with van der Waals surface area (Å²) in [5.74, 6) is -1.09. The number of nitrogens with zero attached hydrogens (tertiary/aromatic N) is 3. The molecule has 4 rings (SSSR count). The molecule has 1 aliphatic rings. The molecule has 1 aliphatic heterocycles. The number of unbranched alkanes of at least 4 members (excludes halogenated alkanes) is 1. The fraction of sp³-hybridized carbons (Fsp3) is 0.375. The Labute approximate surface area is 186 Å². The van der Waals surface area contributed by atoms with Crippen molar-refractivity contribution in [3.8, 4) is 0 Å². The van der Waals surface area contributed by atoms with E-state index >= 15 is 0 Å². The number of carbonyl (C=O) groups excluding carboxylic acids is 2. The third-order valence-electron chi connectivity index (χ3n) is 5.68. The van der Waals surface area contributed by atoms with Crippen LogP contribution in [0.5, 0.6) is 0 Å². The van der Waals surface area contributed by atoms with Crippen LogP contribution in [-0.4, -0.2) is 40.8 Å². The van der Waals surface area contributed by atoms with Gasteiger partial charge in [-0.3, -0.25) is 14.5 Å². The van der Waals surface area contributed by atoms with Crippen LogP contribution in [0, 0.1) is 5.92 Å². The number of hydrogen-bond acceptors (Lipinski definition) is 5. The van der Waals surface area contributed by atoms with Gasteiger partial charge in [0.05, 0.1) is 23.7 Å². The normalized spacial score (nSPS) is 18.3. The third kappa shape index (κ3) is 3.83. The summed E-state index contributed by atoms with van der Waals surface area (Å²) < 4.78 is 7.42. The monoisotopic (exact) mass is 437 g/mol. The van der Waals surface area contributed by atoms with Crippen LogP contribution in [0.3, 0.4) is 0 Å². The molecule has 162 valence electrons. The average Bonchev–Trinajstić information content (AvgIpc) is 3.17. The van der Waals surface area contributed by atoms with Crippen molar-refractivity contribution in [2.75, 3.05) is 24.3 Å². The van der Waals surface area contributed by atoms with Crippen molar-refractivity contribution in [1.29, 1.82) is 0 Å². The van der Waals surface area contributed by atoms with Crippen molar-refractivity contribution in [2.24, 2.45) is 5.92 Å². The molecule has 2 aromatic carbocycles. The second kappa shape index (κ2) is 9.14. The average molecular weight is 438 g/mol. The standard InChI is InChI=1S/C24H27N3O3S/c1-4-6-15-26-22(28)20(23(29)30-5-2)21(16-11-13-17(31-3)14-12-16)27-19-10-8-7-9-18(19)25-24(26)27/h7-14,20-21H,4-6,15H2,1-3H3/t20-,21-/m0/s1. The van der Waals surface area contributed by atoms with Gasteiger partial charge in [0, 0.05) is 11.4 Å². The van der Waals surface area contributed by atoms with Crippen molar-refractivity contribution in [3.05, 3.63) is 54.1 Å². The highest BCUT2D eigenvalue weighted by Gasteiger charge is 2.47. The van der Waals surface area contributed by atoms with Crippen molar-refractivity contribution < 1.29 is 14.3 Å². The predicted octanol–water partition coefficient (Wildman–Crippen LogP) is 4.67. The van der Waals surface area contributed by atoms with Gasteiger partial charge < -0.3 is 9.30 Å². The first-order chi connectivity index (χ1) is 15.1. The topological polar surface area (TPSA) is 64.4 Å². The minimum Gasteiger partial charge on any atom is -0.465 e. The lowest BCUT2D eigenvalue weighted by molar-refractivity contribution is -0.153. The molecule has 0 unspecified atom stereocenters. The summed E-state index contributed by atoms with van der Waals surface area (Å²) in [6.07, 6.45) is 3.79. The van der Waals surface area contributed by atoms with E-state index in [1.165, 1.54) is 0 Å². The zero-order chi connectivity index (χ0) is 22.0. The molecule has 1 amide bonds. The summed E-state index contributed by atoms with van der Waals surface area (Å²) in [6, 6.07) is 15.3. The van der Waals surface area contributed by atoms with Crippen LogP contribution >= 0.6 is 11.8 Å². The van der Waals surface area contributed by atoms with Crippen molar-refractivity contribution in [1.82, 2.24) is 9.55 Å². The molecule has 0 spiro atoms. The number of hydrogen-bond donors (Lipinski definition) is 0. The number of benzene rings is 2. The number of carbonyl (C=O) groups is 2. The van der Waals surface area contributed by atoms with E-state index in [0.29, 0.717) is 12.5 Å². The van der Waals surface area contributed by atoms with Gasteiger partial charge in [-0.15, -0.1) is 11.8 Å². The molecule has 3 aromatic rings. The molecule has 0 saturated heterocycles. The zero-order valence-corrected chi connectivity index (χ0v) is 18.9. The van der Waals surface area contributed by atoms with Crippen molar-refractivity contribution >= 4 is 40.6 Å². The Morgan fingerprint density at radius 1 is 1.13 bits per heavy atom. The number of para-hydroxylation sites is 2. The first-order valence-electron chi connectivity index (χ1n) is 10.7. The lowest BCUT2D eigenvalue weighted by atomic mass is 9.89. The highest BCUT2D eigenvalue weighted by Crippen LogP contribution is 2.41. The van der Waals surface area contributed by atoms with E-state index in [4.69, 9.17) is 9.72 Å². The fourth-order valence-electron chi connectivity index (χ4n) is 4.18. The van der Waals surface area contributed by atoms with Crippen LogP contribution in [0.4, 0.5) is 5.95 Å². The van der Waals surface area contributed by atoms with Gasteiger partial charge in [0.15, 0.2) is 5.92 Å². The second-order valence-electron chi connectivity index (χ2n) is 7.56. The number of thioether (sulfide) groups is 1. The Morgan fingerprint density at radius 2 is 1.87 bits per heavy atom. The van der Waals surface area contributed by atoms with Crippen LogP contribution in [0.25, 0.3) is 11.0 Å². The first kappa shape index (κ1) is 21.4. The molecule has 0 radical (unpaired) electrons. The number of amides is 1. The van der Waals surface area contributed by atoms with E-state index in [1.54, 1.807) is 23.6 Å². The van der Waals surface area contributed by atoms with Gasteiger partial charge in [-0.1, -0.05) is 37.6 Å². The Morgan fingerprint density at radius 3 is 2.55 bits per heavy atom. The molecule has 2 atom stereocenters. The predicted molar refractivity (Wildman–Crippen MR) is 123 cm³/mol. The molecule has 2 heterocycles. The lowest BCUT2D eigenvalue weighted by Gasteiger charge is -2.38. The smallest absolute Gasteiger partial charge is 0.321 e. The summed E-state index contributed by atoms with van der Waals surface area (Å²) in [6.45, 7) is 4.59. The van der Waals surface area contributed by atoms with Crippen molar-refractivity contribution in [3.63, 3.8) is 0 Å². The lowest BCUT2D eigenvalue weighted by Crippen LogP contribution is -2.50. The van der Waals surface area contributed by atoms with Gasteiger partial charge in [-0.05, 0) is 49.4 Å². The van der Waals surface area contributed by atoms with E-state index in [0.717, 1.165) is 34.3 Å². The second-order valence-corrected chi connectivity index (χ2v) is 8.44. The molecule has 6 nitrogen and oxygen atoms in total. The molecule has 0 N–H and O–H groups in total. The molecule has 31 heavy (non-hydrogen) atoms. The minimum absolute atomic E-state index is 0.229. The van der Waals surface area contributed by atoms with E-state index < -0.39 is 17.9 Å². The van der Waals surface area contributed by atoms with E-state index in [2.05, 4.69) is 6.92 Å². The maximum absolute atomic E-state index is 13.7. The number of ether oxygens (including phenoxy) is 1. The highest BCUT2D eigenvalue weighted by atomic mass is 32.2. The van der Waals surface area contributed by atoms with E-state index in [1.807, 2.05) is 59.4 Å². The summed E-state index contributed by atoms with van der Waals surface area (Å²) in [5, 5.41) is 0. The maximum atomic E-state index is 13.7. The van der Waals surface area contributed by atoms with Crippen LogP contribution in [0.15, 0.2) is 53.4 Å². The minimum atomic E-state index is -0.956. The SMILES string of the molecule is CCCCN1C(=O)[C@@H](C(=O)OCC)[C@H](c2ccc(SC)cc2)n2c1nc1ccccc12. The Bertz CT molecular complexity index is 1090. The summed E-state index contributed by atoms with van der Waals surface area (Å²) in [7, 11) is 0. The number of imidazole rings is 1. The number of aromatic nitrogens is 2. The van der Waals surface area contributed by atoms with Gasteiger partial charge in [0.2, 0.25) is 11.9 Å². The molecule has 0 aliphatic carbocycles. The Hall–Kier alpha value is -2.80. The zero-order valence-electron chi connectivity index (χ0n) is 18.1. The van der Waals surface area contributed by atoms with Crippen molar-refractivity contribution in [2.45, 2.75) is 37.6 Å². The van der Waals surface area contributed by atoms with Crippen LogP contribution in [0.2, 0.25) is 0 Å². The quantitative estimate of drug-likeness (QED) is 0.305. The van der Waals surface area contributed by atoms with Gasteiger partial charge in [-0.25, -0.2) is 4.98 Å². The summed E-state index contributed by atoms with van der Waals surface area (Å²) >= 11 is 1.65. The molecule has 0 fully saturated rings. The van der Waals surface area contributed by atoms with E-state index in [-0.39, 0.29) is 12.5 Å². The number of rotatable bonds is 7. The van der Waals surface area contributed by atoms with Gasteiger partial charge >= 0.3 is 5.97 Å². The fourth-order valence-corrected chi connectivity index (χ4v) is 4.59. The number of fused-ring (bicyclic) bond motifs is 3. The summed E-state index contributed by atoms with van der Waals surface area (Å²) in [4.78, 5) is 34.3. The largest absolute Gasteiger partial charge is 0.465 e. The van der Waals surface area contributed by atoms with Gasteiger partial charge in [0.1, 0.15) is 0 Å². The van der Waals surface area contributed by atoms with E-state index in [9.17, 15) is 9.59 Å². The molecular weight excluding hydrogens is 410 g/mol. The number of anilines is 1. The first-order valence-corrected chi connectivity index (χ1v) is 11.9. The third-order valence-corrected chi connectivity index (χ3v) is 6.42. The van der Waals surface area contributed by atoms with Crippen LogP contribution in [0.1, 0.15) is 38.3 Å². The maximum Gasteiger partial charge on any atom is 0.321 e. The van der Waals surface area contributed by atoms with Gasteiger partial charge in [-0.2, -0.15) is 0 Å². The van der Waals surface area contributed by atoms with Crippen LogP contribution < -0.4 is 4.90 Å². The molecule has 7 heteroatoms. The number of esters is 1. The molecule has 0 saturated carbocycles. The van der Waals surface area contributed by atoms with Gasteiger partial charge in [0.25, 0.3) is 0 Å². The van der Waals surface area contributed by atoms with Crippen LogP contribution in [-0.2, 0) is 14.3 Å². The Kier molecular flexibility index (Phi) is 6.32.